The van der Waals surface area contributed by atoms with Gasteiger partial charge in [-0.05, 0) is 68.3 Å². The van der Waals surface area contributed by atoms with Crippen LogP contribution in [0.15, 0.2) is 60.7 Å². The molecule has 3 aromatic rings. The molecule has 0 aliphatic carbocycles. The van der Waals surface area contributed by atoms with E-state index in [0.717, 1.165) is 36.3 Å². The summed E-state index contributed by atoms with van der Waals surface area (Å²) in [4.78, 5) is 31.5. The van der Waals surface area contributed by atoms with E-state index in [1.165, 1.54) is 12.1 Å². The van der Waals surface area contributed by atoms with Crippen molar-refractivity contribution in [1.29, 1.82) is 0 Å². The molecule has 1 aliphatic rings. The lowest BCUT2D eigenvalue weighted by Gasteiger charge is -2.27. The Morgan fingerprint density at radius 2 is 1.70 bits per heavy atom. The Morgan fingerprint density at radius 3 is 2.38 bits per heavy atom. The van der Waals surface area contributed by atoms with E-state index in [1.807, 2.05) is 55.1 Å². The molecule has 4 rings (SSSR count). The summed E-state index contributed by atoms with van der Waals surface area (Å²) in [6, 6.07) is 17.3. The zero-order chi connectivity index (χ0) is 26.2. The van der Waals surface area contributed by atoms with Gasteiger partial charge < -0.3 is 20.0 Å². The number of aromatic nitrogens is 2. The molecular formula is C28H33FN6O2. The summed E-state index contributed by atoms with van der Waals surface area (Å²) < 4.78 is 13.2. The maximum atomic E-state index is 13.2. The van der Waals surface area contributed by atoms with E-state index < -0.39 is 0 Å². The molecule has 3 amide bonds. The van der Waals surface area contributed by atoms with Crippen molar-refractivity contribution in [3.63, 3.8) is 0 Å². The van der Waals surface area contributed by atoms with Crippen LogP contribution in [0.3, 0.4) is 0 Å². The number of carbonyl (C=O) groups excluding carboxylic acids is 2. The SMILES string of the molecule is CCCN(CC(=O)N1CCCN(c2ccc(-c3ccc(F)cc3)nn2)CC1)C(=O)Nc1ccc(C)cc1. The molecule has 9 heteroatoms. The molecule has 37 heavy (non-hydrogen) atoms. The maximum Gasteiger partial charge on any atom is 0.322 e. The zero-order valence-corrected chi connectivity index (χ0v) is 21.4. The summed E-state index contributed by atoms with van der Waals surface area (Å²) in [6.45, 7) is 7.06. The number of nitrogens with one attached hydrogen (secondary N) is 1. The van der Waals surface area contributed by atoms with E-state index >= 15 is 0 Å². The number of rotatable bonds is 7. The number of hydrogen-bond donors (Lipinski definition) is 1. The Morgan fingerprint density at radius 1 is 0.946 bits per heavy atom. The number of hydrogen-bond acceptors (Lipinski definition) is 5. The number of aryl methyl sites for hydroxylation is 1. The molecular weight excluding hydrogens is 471 g/mol. The monoisotopic (exact) mass is 504 g/mol. The van der Waals surface area contributed by atoms with Gasteiger partial charge in [-0.25, -0.2) is 9.18 Å². The van der Waals surface area contributed by atoms with Crippen LogP contribution in [0.5, 0.6) is 0 Å². The van der Waals surface area contributed by atoms with Gasteiger partial charge in [-0.1, -0.05) is 24.6 Å². The standard InChI is InChI=1S/C28H33FN6O2/c1-3-15-35(28(37)30-24-11-5-21(2)6-12-24)20-27(36)34-17-4-16-33(18-19-34)26-14-13-25(31-32-26)22-7-9-23(29)10-8-22/h5-14H,3-4,15-20H2,1-2H3,(H,30,37). The molecule has 194 valence electrons. The van der Waals surface area contributed by atoms with Gasteiger partial charge in [0.05, 0.1) is 5.69 Å². The van der Waals surface area contributed by atoms with Crippen LogP contribution in [0.1, 0.15) is 25.3 Å². The van der Waals surface area contributed by atoms with E-state index in [-0.39, 0.29) is 24.3 Å². The van der Waals surface area contributed by atoms with Crippen LogP contribution in [0.4, 0.5) is 20.7 Å². The third-order valence-electron chi connectivity index (χ3n) is 6.37. The molecule has 0 spiro atoms. The predicted octanol–water partition coefficient (Wildman–Crippen LogP) is 4.57. The Bertz CT molecular complexity index is 1180. The molecule has 2 heterocycles. The molecule has 0 bridgehead atoms. The summed E-state index contributed by atoms with van der Waals surface area (Å²) in [5.41, 5.74) is 3.30. The molecule has 8 nitrogen and oxygen atoms in total. The largest absolute Gasteiger partial charge is 0.353 e. The molecule has 1 aromatic heterocycles. The summed E-state index contributed by atoms with van der Waals surface area (Å²) in [7, 11) is 0. The van der Waals surface area contributed by atoms with E-state index in [2.05, 4.69) is 20.4 Å². The van der Waals surface area contributed by atoms with Crippen molar-refractivity contribution in [3.8, 4) is 11.3 Å². The number of benzene rings is 2. The molecule has 1 fully saturated rings. The third kappa shape index (κ3) is 7.03. The fourth-order valence-electron chi connectivity index (χ4n) is 4.29. The summed E-state index contributed by atoms with van der Waals surface area (Å²) in [6.07, 6.45) is 1.55. The normalized spacial score (nSPS) is 13.7. The first-order valence-corrected chi connectivity index (χ1v) is 12.7. The predicted molar refractivity (Wildman–Crippen MR) is 143 cm³/mol. The number of nitrogens with zero attached hydrogens (tertiary/aromatic N) is 5. The number of anilines is 2. The first-order valence-electron chi connectivity index (χ1n) is 12.7. The fourth-order valence-corrected chi connectivity index (χ4v) is 4.29. The lowest BCUT2D eigenvalue weighted by molar-refractivity contribution is -0.131. The Balaban J connectivity index is 1.33. The zero-order valence-electron chi connectivity index (χ0n) is 21.4. The molecule has 1 saturated heterocycles. The molecule has 0 atom stereocenters. The number of halogens is 1. The highest BCUT2D eigenvalue weighted by molar-refractivity contribution is 5.92. The fraction of sp³-hybridized carbons (Fsp3) is 0.357. The molecule has 0 saturated carbocycles. The van der Waals surface area contributed by atoms with E-state index in [1.54, 1.807) is 17.0 Å². The number of amides is 3. The van der Waals surface area contributed by atoms with Crippen LogP contribution in [0.25, 0.3) is 11.3 Å². The summed E-state index contributed by atoms with van der Waals surface area (Å²) >= 11 is 0. The number of urea groups is 1. The minimum absolute atomic E-state index is 0.0394. The van der Waals surface area contributed by atoms with Gasteiger partial charge in [0.1, 0.15) is 12.4 Å². The highest BCUT2D eigenvalue weighted by Crippen LogP contribution is 2.20. The first kappa shape index (κ1) is 26.1. The number of carbonyl (C=O) groups is 2. The van der Waals surface area contributed by atoms with Crippen LogP contribution in [-0.4, -0.2) is 71.2 Å². The van der Waals surface area contributed by atoms with Gasteiger partial charge in [-0.15, -0.1) is 10.2 Å². The first-order chi connectivity index (χ1) is 17.9. The van der Waals surface area contributed by atoms with Gasteiger partial charge >= 0.3 is 6.03 Å². The van der Waals surface area contributed by atoms with Gasteiger partial charge in [0.2, 0.25) is 5.91 Å². The molecule has 0 unspecified atom stereocenters. The minimum atomic E-state index is -0.290. The highest BCUT2D eigenvalue weighted by atomic mass is 19.1. The van der Waals surface area contributed by atoms with Crippen LogP contribution in [-0.2, 0) is 4.79 Å². The van der Waals surface area contributed by atoms with Crippen molar-refractivity contribution in [1.82, 2.24) is 20.0 Å². The van der Waals surface area contributed by atoms with Crippen molar-refractivity contribution >= 4 is 23.4 Å². The maximum absolute atomic E-state index is 13.2. The van der Waals surface area contributed by atoms with Crippen LogP contribution in [0.2, 0.25) is 0 Å². The Labute approximate surface area is 217 Å². The van der Waals surface area contributed by atoms with Gasteiger partial charge in [0.15, 0.2) is 5.82 Å². The van der Waals surface area contributed by atoms with Crippen molar-refractivity contribution < 1.29 is 14.0 Å². The topological polar surface area (TPSA) is 81.7 Å². The minimum Gasteiger partial charge on any atom is -0.353 e. The van der Waals surface area contributed by atoms with Gasteiger partial charge in [0, 0.05) is 44.0 Å². The highest BCUT2D eigenvalue weighted by Gasteiger charge is 2.24. The summed E-state index contributed by atoms with van der Waals surface area (Å²) in [5.74, 6) is 0.388. The Hall–Kier alpha value is -4.01. The average molecular weight is 505 g/mol. The quantitative estimate of drug-likeness (QED) is 0.510. The van der Waals surface area contributed by atoms with Gasteiger partial charge in [-0.2, -0.15) is 0 Å². The van der Waals surface area contributed by atoms with E-state index in [9.17, 15) is 14.0 Å². The van der Waals surface area contributed by atoms with Crippen molar-refractivity contribution in [2.75, 3.05) is 49.5 Å². The van der Waals surface area contributed by atoms with E-state index in [0.29, 0.717) is 37.6 Å². The lowest BCUT2D eigenvalue weighted by Crippen LogP contribution is -2.45. The van der Waals surface area contributed by atoms with Crippen molar-refractivity contribution in [3.05, 3.63) is 72.0 Å². The second kappa shape index (κ2) is 12.3. The second-order valence-electron chi connectivity index (χ2n) is 9.22. The van der Waals surface area contributed by atoms with Crippen molar-refractivity contribution in [2.45, 2.75) is 26.7 Å². The Kier molecular flexibility index (Phi) is 8.66. The third-order valence-corrected chi connectivity index (χ3v) is 6.37. The second-order valence-corrected chi connectivity index (χ2v) is 9.22. The van der Waals surface area contributed by atoms with Crippen molar-refractivity contribution in [2.24, 2.45) is 0 Å². The van der Waals surface area contributed by atoms with Gasteiger partial charge in [0.25, 0.3) is 0 Å². The smallest absolute Gasteiger partial charge is 0.322 e. The average Bonchev–Trinajstić information content (AvgIpc) is 3.17. The molecule has 0 radical (unpaired) electrons. The molecule has 1 aliphatic heterocycles. The lowest BCUT2D eigenvalue weighted by atomic mass is 10.1. The van der Waals surface area contributed by atoms with E-state index in [4.69, 9.17) is 0 Å². The van der Waals surface area contributed by atoms with Crippen LogP contribution in [0, 0.1) is 12.7 Å². The van der Waals surface area contributed by atoms with Crippen LogP contribution < -0.4 is 10.2 Å². The molecule has 2 aromatic carbocycles. The summed E-state index contributed by atoms with van der Waals surface area (Å²) in [5, 5.41) is 11.6. The molecule has 1 N–H and O–H groups in total. The van der Waals surface area contributed by atoms with Gasteiger partial charge in [-0.3, -0.25) is 4.79 Å². The van der Waals surface area contributed by atoms with Crippen LogP contribution >= 0.6 is 0 Å².